The van der Waals surface area contributed by atoms with E-state index in [0.717, 1.165) is 30.9 Å². The minimum Gasteiger partial charge on any atom is -0.367 e. The summed E-state index contributed by atoms with van der Waals surface area (Å²) < 4.78 is 22.7. The van der Waals surface area contributed by atoms with E-state index in [-0.39, 0.29) is 4.90 Å². The Morgan fingerprint density at radius 2 is 2.42 bits per heavy atom. The van der Waals surface area contributed by atoms with Gasteiger partial charge >= 0.3 is 0 Å². The summed E-state index contributed by atoms with van der Waals surface area (Å²) in [4.78, 5) is 4.21. The van der Waals surface area contributed by atoms with Crippen molar-refractivity contribution in [1.82, 2.24) is 10.3 Å². The number of anilines is 1. The molecule has 1 aromatic rings. The normalized spacial score (nSPS) is 20.2. The molecule has 0 aliphatic carbocycles. The molecule has 1 aliphatic heterocycles. The summed E-state index contributed by atoms with van der Waals surface area (Å²) in [6, 6.07) is 1.81. The largest absolute Gasteiger partial charge is 0.367 e. The van der Waals surface area contributed by atoms with Gasteiger partial charge in [-0.05, 0) is 6.07 Å². The van der Waals surface area contributed by atoms with Crippen LogP contribution in [0, 0.1) is 0 Å². The van der Waals surface area contributed by atoms with Gasteiger partial charge in [0, 0.05) is 43.1 Å². The van der Waals surface area contributed by atoms with Crippen LogP contribution in [-0.4, -0.2) is 50.3 Å². The van der Waals surface area contributed by atoms with Gasteiger partial charge in [0.2, 0.25) is 0 Å². The molecule has 0 saturated carbocycles. The van der Waals surface area contributed by atoms with Crippen LogP contribution in [0.1, 0.15) is 0 Å². The third-order valence-corrected chi connectivity index (χ3v) is 5.26. The zero-order chi connectivity index (χ0) is 13.9. The minimum absolute atomic E-state index is 0.134. The van der Waals surface area contributed by atoms with E-state index in [4.69, 9.17) is 11.6 Å². The van der Waals surface area contributed by atoms with E-state index in [2.05, 4.69) is 15.6 Å². The van der Waals surface area contributed by atoms with Crippen LogP contribution >= 0.6 is 23.4 Å². The number of hydrogen-bond acceptors (Lipinski definition) is 6. The van der Waals surface area contributed by atoms with Crippen molar-refractivity contribution in [3.05, 3.63) is 17.3 Å². The maximum Gasteiger partial charge on any atom is 0.177 e. The van der Waals surface area contributed by atoms with Crippen LogP contribution in [0.5, 0.6) is 0 Å². The first-order valence-electron chi connectivity index (χ1n) is 5.87. The van der Waals surface area contributed by atoms with Gasteiger partial charge in [0.15, 0.2) is 9.84 Å². The molecule has 1 aromatic heterocycles. The Labute approximate surface area is 122 Å². The number of nitrogens with zero attached hydrogens (tertiary/aromatic N) is 1. The third-order valence-electron chi connectivity index (χ3n) is 2.76. The summed E-state index contributed by atoms with van der Waals surface area (Å²) in [5.74, 6) is 2.70. The van der Waals surface area contributed by atoms with Crippen LogP contribution in [0.15, 0.2) is 17.2 Å². The molecule has 1 saturated heterocycles. The van der Waals surface area contributed by atoms with Gasteiger partial charge in [-0.1, -0.05) is 11.6 Å². The van der Waals surface area contributed by atoms with Crippen molar-refractivity contribution in [2.75, 3.05) is 36.2 Å². The van der Waals surface area contributed by atoms with E-state index in [9.17, 15) is 8.42 Å². The van der Waals surface area contributed by atoms with E-state index >= 15 is 0 Å². The number of aromatic nitrogens is 1. The molecule has 1 atom stereocenters. The molecule has 1 unspecified atom stereocenters. The molecule has 0 bridgehead atoms. The average molecular weight is 322 g/mol. The molecule has 2 rings (SSSR count). The van der Waals surface area contributed by atoms with Crippen molar-refractivity contribution in [1.29, 1.82) is 0 Å². The number of rotatable bonds is 4. The van der Waals surface area contributed by atoms with Crippen LogP contribution in [0.4, 0.5) is 5.82 Å². The summed E-state index contributed by atoms with van der Waals surface area (Å²) in [7, 11) is -3.27. The van der Waals surface area contributed by atoms with Gasteiger partial charge in [-0.2, -0.15) is 11.8 Å². The SMILES string of the molecule is CS(=O)(=O)c1cnc(NCC2CSCCN2)c(Cl)c1. The molecule has 0 amide bonds. The number of hydrogen-bond donors (Lipinski definition) is 2. The second-order valence-electron chi connectivity index (χ2n) is 4.38. The van der Waals surface area contributed by atoms with Gasteiger partial charge in [-0.25, -0.2) is 13.4 Å². The first-order chi connectivity index (χ1) is 8.97. The number of sulfone groups is 1. The molecular weight excluding hydrogens is 306 g/mol. The highest BCUT2D eigenvalue weighted by atomic mass is 35.5. The average Bonchev–Trinajstić information content (AvgIpc) is 2.37. The van der Waals surface area contributed by atoms with Crippen molar-refractivity contribution in [3.8, 4) is 0 Å². The first-order valence-corrected chi connectivity index (χ1v) is 9.30. The van der Waals surface area contributed by atoms with Crippen molar-refractivity contribution in [2.45, 2.75) is 10.9 Å². The Bertz CT molecular complexity index is 545. The van der Waals surface area contributed by atoms with Crippen molar-refractivity contribution in [3.63, 3.8) is 0 Å². The standard InChI is InChI=1S/C11H16ClN3O2S2/c1-19(16,17)9-4-10(12)11(15-6-9)14-5-8-7-18-3-2-13-8/h4,6,8,13H,2-3,5,7H2,1H3,(H,14,15). The lowest BCUT2D eigenvalue weighted by Gasteiger charge is -2.23. The zero-order valence-electron chi connectivity index (χ0n) is 10.5. The fourth-order valence-corrected chi connectivity index (χ4v) is 3.55. The molecule has 0 radical (unpaired) electrons. The summed E-state index contributed by atoms with van der Waals surface area (Å²) in [5.41, 5.74) is 0. The van der Waals surface area contributed by atoms with Crippen LogP contribution in [0.3, 0.4) is 0 Å². The molecule has 5 nitrogen and oxygen atoms in total. The molecule has 19 heavy (non-hydrogen) atoms. The molecule has 106 valence electrons. The minimum atomic E-state index is -3.27. The maximum atomic E-state index is 11.4. The van der Waals surface area contributed by atoms with Crippen LogP contribution < -0.4 is 10.6 Å². The highest BCUT2D eigenvalue weighted by Gasteiger charge is 2.15. The molecular formula is C11H16ClN3O2S2. The lowest BCUT2D eigenvalue weighted by Crippen LogP contribution is -2.42. The van der Waals surface area contributed by atoms with Crippen LogP contribution in [0.2, 0.25) is 5.02 Å². The molecule has 1 fully saturated rings. The van der Waals surface area contributed by atoms with Gasteiger partial charge in [-0.3, -0.25) is 0 Å². The van der Waals surface area contributed by atoms with E-state index in [1.807, 2.05) is 11.8 Å². The molecule has 1 aliphatic rings. The van der Waals surface area contributed by atoms with Gasteiger partial charge in [0.05, 0.1) is 9.92 Å². The van der Waals surface area contributed by atoms with Gasteiger partial charge in [0.25, 0.3) is 0 Å². The van der Waals surface area contributed by atoms with Crippen molar-refractivity contribution in [2.24, 2.45) is 0 Å². The summed E-state index contributed by atoms with van der Waals surface area (Å²) in [6.07, 6.45) is 2.46. The number of halogens is 1. The molecule has 0 aromatic carbocycles. The number of thioether (sulfide) groups is 1. The maximum absolute atomic E-state index is 11.4. The predicted octanol–water partition coefficient (Wildman–Crippen LogP) is 1.26. The Balaban J connectivity index is 2.01. The molecule has 2 N–H and O–H groups in total. The molecule has 8 heteroatoms. The number of nitrogens with one attached hydrogen (secondary N) is 2. The highest BCUT2D eigenvalue weighted by molar-refractivity contribution is 7.99. The highest BCUT2D eigenvalue weighted by Crippen LogP contribution is 2.22. The van der Waals surface area contributed by atoms with Gasteiger partial charge < -0.3 is 10.6 Å². The Kier molecular flexibility index (Phi) is 4.94. The predicted molar refractivity (Wildman–Crippen MR) is 80.0 cm³/mol. The second-order valence-corrected chi connectivity index (χ2v) is 7.95. The lowest BCUT2D eigenvalue weighted by atomic mass is 10.3. The van der Waals surface area contributed by atoms with E-state index < -0.39 is 9.84 Å². The second kappa shape index (κ2) is 6.30. The van der Waals surface area contributed by atoms with E-state index in [0.29, 0.717) is 16.9 Å². The quantitative estimate of drug-likeness (QED) is 0.870. The lowest BCUT2D eigenvalue weighted by molar-refractivity contribution is 0.586. The van der Waals surface area contributed by atoms with Gasteiger partial charge in [0.1, 0.15) is 5.82 Å². The van der Waals surface area contributed by atoms with Crippen molar-refractivity contribution < 1.29 is 8.42 Å². The fraction of sp³-hybridized carbons (Fsp3) is 0.545. The van der Waals surface area contributed by atoms with Crippen molar-refractivity contribution >= 4 is 39.0 Å². The summed E-state index contributed by atoms with van der Waals surface area (Å²) in [5, 5.41) is 6.87. The summed E-state index contributed by atoms with van der Waals surface area (Å²) in [6.45, 7) is 1.73. The van der Waals surface area contributed by atoms with E-state index in [1.54, 1.807) is 0 Å². The first kappa shape index (κ1) is 14.9. The Morgan fingerprint density at radius 1 is 1.63 bits per heavy atom. The molecule has 0 spiro atoms. The molecule has 2 heterocycles. The zero-order valence-corrected chi connectivity index (χ0v) is 12.9. The smallest absolute Gasteiger partial charge is 0.177 e. The summed E-state index contributed by atoms with van der Waals surface area (Å²) >= 11 is 7.95. The topological polar surface area (TPSA) is 71.1 Å². The fourth-order valence-electron chi connectivity index (χ4n) is 1.72. The van der Waals surface area contributed by atoms with Crippen LogP contribution in [0.25, 0.3) is 0 Å². The Morgan fingerprint density at radius 3 is 3.00 bits per heavy atom. The number of pyridine rings is 1. The Hall–Kier alpha value is -0.500. The third kappa shape index (κ3) is 4.24. The van der Waals surface area contributed by atoms with Gasteiger partial charge in [-0.15, -0.1) is 0 Å². The van der Waals surface area contributed by atoms with Crippen LogP contribution in [-0.2, 0) is 9.84 Å². The monoisotopic (exact) mass is 321 g/mol. The van der Waals surface area contributed by atoms with E-state index in [1.165, 1.54) is 12.3 Å².